The lowest BCUT2D eigenvalue weighted by Gasteiger charge is -2.21. The lowest BCUT2D eigenvalue weighted by atomic mass is 10.2. The van der Waals surface area contributed by atoms with Crippen LogP contribution in [0, 0.1) is 0 Å². The van der Waals surface area contributed by atoms with Gasteiger partial charge in [-0.3, -0.25) is 0 Å². The summed E-state index contributed by atoms with van der Waals surface area (Å²) in [6, 6.07) is -0.689. The summed E-state index contributed by atoms with van der Waals surface area (Å²) < 4.78 is 10.1. The molecule has 3 atom stereocenters. The first-order valence-corrected chi connectivity index (χ1v) is 8.11. The Hall–Kier alpha value is -1.50. The number of nitrogens with one attached hydrogen (secondary N) is 2. The molecule has 0 saturated heterocycles. The van der Waals surface area contributed by atoms with Gasteiger partial charge in [0.05, 0.1) is 31.4 Å². The van der Waals surface area contributed by atoms with E-state index in [1.807, 2.05) is 13.8 Å². The molecule has 0 aromatic rings. The Morgan fingerprint density at radius 1 is 0.955 bits per heavy atom. The molecular weight excluding hydrogens is 288 g/mol. The van der Waals surface area contributed by atoms with Crippen molar-refractivity contribution in [2.45, 2.75) is 70.6 Å². The molecule has 0 unspecified atom stereocenters. The molecule has 7 heteroatoms. The molecule has 3 N–H and O–H groups in total. The molecule has 0 radical (unpaired) electrons. The van der Waals surface area contributed by atoms with E-state index in [2.05, 4.69) is 10.6 Å². The maximum Gasteiger partial charge on any atom is 0.407 e. The van der Waals surface area contributed by atoms with Crippen LogP contribution in [0.5, 0.6) is 0 Å². The van der Waals surface area contributed by atoms with Crippen LogP contribution in [0.25, 0.3) is 0 Å². The standard InChI is InChI=1S/C15H28N2O5/c1-3-5-7-21-14(19)16-12-9-11(18)10-13(12)17-15(20)22-8-6-4-2/h11-13,18H,3-10H2,1-2H3,(H,16,19)(H,17,20)/t11-,12-,13+. The zero-order valence-corrected chi connectivity index (χ0v) is 13.5. The van der Waals surface area contributed by atoms with Crippen molar-refractivity contribution in [3.05, 3.63) is 0 Å². The molecule has 0 aromatic heterocycles. The molecule has 128 valence electrons. The van der Waals surface area contributed by atoms with E-state index in [0.29, 0.717) is 26.1 Å². The summed E-state index contributed by atoms with van der Waals surface area (Å²) >= 11 is 0. The highest BCUT2D eigenvalue weighted by atomic mass is 16.6. The number of alkyl carbamates (subject to hydrolysis) is 2. The van der Waals surface area contributed by atoms with Crippen molar-refractivity contribution in [1.29, 1.82) is 0 Å². The van der Waals surface area contributed by atoms with Gasteiger partial charge in [0, 0.05) is 0 Å². The zero-order chi connectivity index (χ0) is 16.4. The quantitative estimate of drug-likeness (QED) is 0.595. The highest BCUT2D eigenvalue weighted by Crippen LogP contribution is 2.20. The van der Waals surface area contributed by atoms with Gasteiger partial charge in [-0.25, -0.2) is 9.59 Å². The van der Waals surface area contributed by atoms with Crippen LogP contribution in [0.15, 0.2) is 0 Å². The minimum absolute atomic E-state index is 0.345. The van der Waals surface area contributed by atoms with E-state index >= 15 is 0 Å². The number of ether oxygens (including phenoxy) is 2. The van der Waals surface area contributed by atoms with Crippen LogP contribution < -0.4 is 10.6 Å². The number of unbranched alkanes of at least 4 members (excludes halogenated alkanes) is 2. The monoisotopic (exact) mass is 316 g/mol. The number of hydrogen-bond acceptors (Lipinski definition) is 5. The van der Waals surface area contributed by atoms with Gasteiger partial charge in [-0.2, -0.15) is 0 Å². The van der Waals surface area contributed by atoms with E-state index in [1.165, 1.54) is 0 Å². The topological polar surface area (TPSA) is 96.9 Å². The normalized spacial score (nSPS) is 23.9. The van der Waals surface area contributed by atoms with E-state index in [-0.39, 0.29) is 12.1 Å². The molecule has 0 heterocycles. The Morgan fingerprint density at radius 2 is 1.36 bits per heavy atom. The predicted octanol–water partition coefficient (Wildman–Crippen LogP) is 1.93. The second kappa shape index (κ2) is 10.3. The summed E-state index contributed by atoms with van der Waals surface area (Å²) in [4.78, 5) is 23.3. The molecule has 0 aromatic carbocycles. The Bertz CT molecular complexity index is 319. The summed E-state index contributed by atoms with van der Waals surface area (Å²) in [6.07, 6.45) is 2.72. The first-order chi connectivity index (χ1) is 10.6. The van der Waals surface area contributed by atoms with Crippen LogP contribution in [0.1, 0.15) is 52.4 Å². The molecule has 2 amide bonds. The Labute approximate surface area is 131 Å². The number of aliphatic hydroxyl groups is 1. The number of carbonyl (C=O) groups excluding carboxylic acids is 2. The molecular formula is C15H28N2O5. The fourth-order valence-electron chi connectivity index (χ4n) is 2.33. The van der Waals surface area contributed by atoms with Crippen LogP contribution in [0.3, 0.4) is 0 Å². The van der Waals surface area contributed by atoms with Crippen molar-refractivity contribution < 1.29 is 24.2 Å². The number of rotatable bonds is 8. The Kier molecular flexibility index (Phi) is 8.65. The van der Waals surface area contributed by atoms with Crippen LogP contribution in [-0.2, 0) is 9.47 Å². The van der Waals surface area contributed by atoms with E-state index in [1.54, 1.807) is 0 Å². The van der Waals surface area contributed by atoms with Crippen molar-refractivity contribution >= 4 is 12.2 Å². The lowest BCUT2D eigenvalue weighted by Crippen LogP contribution is -2.48. The summed E-state index contributed by atoms with van der Waals surface area (Å²) in [5.41, 5.74) is 0. The average molecular weight is 316 g/mol. The summed E-state index contributed by atoms with van der Waals surface area (Å²) in [7, 11) is 0. The van der Waals surface area contributed by atoms with Crippen molar-refractivity contribution in [2.24, 2.45) is 0 Å². The van der Waals surface area contributed by atoms with Crippen molar-refractivity contribution in [3.8, 4) is 0 Å². The Balaban J connectivity index is 2.37. The van der Waals surface area contributed by atoms with Crippen molar-refractivity contribution in [2.75, 3.05) is 13.2 Å². The SMILES string of the molecule is CCCCOC(=O)N[C@H]1C[C@H](O)C[C@H]1NC(=O)OCCCC. The van der Waals surface area contributed by atoms with Gasteiger partial charge >= 0.3 is 12.2 Å². The van der Waals surface area contributed by atoms with E-state index in [0.717, 1.165) is 25.7 Å². The number of amides is 2. The fourth-order valence-corrected chi connectivity index (χ4v) is 2.33. The second-order valence-corrected chi connectivity index (χ2v) is 5.61. The number of aliphatic hydroxyl groups excluding tert-OH is 1. The molecule has 1 aliphatic carbocycles. The van der Waals surface area contributed by atoms with Gasteiger partial charge in [-0.15, -0.1) is 0 Å². The predicted molar refractivity (Wildman–Crippen MR) is 81.6 cm³/mol. The van der Waals surface area contributed by atoms with Crippen LogP contribution in [-0.4, -0.2) is 48.7 Å². The lowest BCUT2D eigenvalue weighted by molar-refractivity contribution is 0.131. The van der Waals surface area contributed by atoms with Crippen molar-refractivity contribution in [1.82, 2.24) is 10.6 Å². The van der Waals surface area contributed by atoms with Gasteiger partial charge in [0.15, 0.2) is 0 Å². The van der Waals surface area contributed by atoms with Gasteiger partial charge < -0.3 is 25.2 Å². The molecule has 1 fully saturated rings. The zero-order valence-electron chi connectivity index (χ0n) is 13.5. The third-order valence-electron chi connectivity index (χ3n) is 3.61. The van der Waals surface area contributed by atoms with Crippen LogP contribution in [0.4, 0.5) is 9.59 Å². The first-order valence-electron chi connectivity index (χ1n) is 8.11. The Morgan fingerprint density at radius 3 is 1.73 bits per heavy atom. The van der Waals surface area contributed by atoms with E-state index in [4.69, 9.17) is 9.47 Å². The van der Waals surface area contributed by atoms with Crippen LogP contribution in [0.2, 0.25) is 0 Å². The highest BCUT2D eigenvalue weighted by molar-refractivity contribution is 5.69. The molecule has 1 rings (SSSR count). The average Bonchev–Trinajstić information content (AvgIpc) is 2.79. The maximum absolute atomic E-state index is 11.7. The van der Waals surface area contributed by atoms with Gasteiger partial charge in [0.25, 0.3) is 0 Å². The fraction of sp³-hybridized carbons (Fsp3) is 0.867. The van der Waals surface area contributed by atoms with Crippen molar-refractivity contribution in [3.63, 3.8) is 0 Å². The smallest absolute Gasteiger partial charge is 0.407 e. The molecule has 1 saturated carbocycles. The molecule has 1 aliphatic rings. The van der Waals surface area contributed by atoms with Gasteiger partial charge in [0.2, 0.25) is 0 Å². The third-order valence-corrected chi connectivity index (χ3v) is 3.61. The first kappa shape index (κ1) is 18.5. The maximum atomic E-state index is 11.7. The minimum Gasteiger partial charge on any atom is -0.450 e. The third kappa shape index (κ3) is 6.98. The van der Waals surface area contributed by atoms with E-state index < -0.39 is 18.3 Å². The molecule has 22 heavy (non-hydrogen) atoms. The molecule has 0 bridgehead atoms. The van der Waals surface area contributed by atoms with E-state index in [9.17, 15) is 14.7 Å². The molecule has 0 aliphatic heterocycles. The van der Waals surface area contributed by atoms with Crippen LogP contribution >= 0.6 is 0 Å². The van der Waals surface area contributed by atoms with Gasteiger partial charge in [-0.1, -0.05) is 26.7 Å². The second-order valence-electron chi connectivity index (χ2n) is 5.61. The largest absolute Gasteiger partial charge is 0.450 e. The number of hydrogen-bond donors (Lipinski definition) is 3. The van der Waals surface area contributed by atoms with Gasteiger partial charge in [0.1, 0.15) is 0 Å². The number of carbonyl (C=O) groups is 2. The summed E-state index contributed by atoms with van der Waals surface area (Å²) in [6.45, 7) is 4.76. The summed E-state index contributed by atoms with van der Waals surface area (Å²) in [5, 5.41) is 15.1. The summed E-state index contributed by atoms with van der Waals surface area (Å²) in [5.74, 6) is 0. The minimum atomic E-state index is -0.554. The molecule has 7 nitrogen and oxygen atoms in total. The van der Waals surface area contributed by atoms with Gasteiger partial charge in [-0.05, 0) is 25.7 Å². The highest BCUT2D eigenvalue weighted by Gasteiger charge is 2.35. The molecule has 0 spiro atoms.